The molecule has 3 heterocycles. The second-order valence-corrected chi connectivity index (χ2v) is 8.28. The second kappa shape index (κ2) is 6.34. The fraction of sp³-hybridized carbons (Fsp3) is 0.714. The van der Waals surface area contributed by atoms with Crippen molar-refractivity contribution in [1.29, 1.82) is 0 Å². The Kier molecular flexibility index (Phi) is 4.34. The van der Waals surface area contributed by atoms with Gasteiger partial charge in [0.25, 0.3) is 0 Å². The molecule has 0 N–H and O–H groups in total. The van der Waals surface area contributed by atoms with E-state index < -0.39 is 0 Å². The maximum Gasteiger partial charge on any atom is 0.0548 e. The van der Waals surface area contributed by atoms with Crippen molar-refractivity contribution in [3.8, 4) is 0 Å². The third-order valence-electron chi connectivity index (χ3n) is 6.46. The molecule has 0 radical (unpaired) electrons. The Hall–Kier alpha value is -1.06. The van der Waals surface area contributed by atoms with E-state index in [9.17, 15) is 0 Å². The molecular weight excluding hydrogens is 294 g/mol. The average Bonchev–Trinajstić information content (AvgIpc) is 2.93. The van der Waals surface area contributed by atoms with Crippen molar-refractivity contribution in [3.63, 3.8) is 0 Å². The molecule has 4 aliphatic rings. The molecule has 0 spiro atoms. The summed E-state index contributed by atoms with van der Waals surface area (Å²) in [5, 5.41) is 0. The summed E-state index contributed by atoms with van der Waals surface area (Å²) in [6, 6.07) is 2.50. The highest BCUT2D eigenvalue weighted by Crippen LogP contribution is 2.44. The summed E-state index contributed by atoms with van der Waals surface area (Å²) in [5.74, 6) is 0. The Morgan fingerprint density at radius 1 is 1.25 bits per heavy atom. The van der Waals surface area contributed by atoms with Gasteiger partial charge in [-0.2, -0.15) is 0 Å². The van der Waals surface area contributed by atoms with E-state index >= 15 is 0 Å². The minimum atomic E-state index is 0.604. The number of rotatable bonds is 3. The van der Waals surface area contributed by atoms with Crippen LogP contribution in [0, 0.1) is 0 Å². The lowest BCUT2D eigenvalue weighted by atomic mass is 9.84. The third kappa shape index (κ3) is 2.48. The van der Waals surface area contributed by atoms with Crippen molar-refractivity contribution in [2.24, 2.45) is 0 Å². The van der Waals surface area contributed by atoms with Crippen LogP contribution in [-0.2, 0) is 0 Å². The van der Waals surface area contributed by atoms with Crippen LogP contribution < -0.4 is 0 Å². The van der Waals surface area contributed by atoms with Gasteiger partial charge in [-0.05, 0) is 70.2 Å². The van der Waals surface area contributed by atoms with Crippen LogP contribution in [-0.4, -0.2) is 58.5 Å². The minimum Gasteiger partial charge on any atom is -0.343 e. The smallest absolute Gasteiger partial charge is 0.0548 e. The van der Waals surface area contributed by atoms with Gasteiger partial charge in [-0.3, -0.25) is 9.80 Å². The zero-order chi connectivity index (χ0) is 16.8. The van der Waals surface area contributed by atoms with Gasteiger partial charge in [0.15, 0.2) is 0 Å². The Morgan fingerprint density at radius 2 is 2.08 bits per heavy atom. The van der Waals surface area contributed by atoms with E-state index in [1.54, 1.807) is 11.1 Å². The van der Waals surface area contributed by atoms with Crippen LogP contribution in [0.15, 0.2) is 35.2 Å². The Balaban J connectivity index is 1.72. The molecule has 1 aliphatic carbocycles. The first kappa shape index (κ1) is 16.4. The lowest BCUT2D eigenvalue weighted by Gasteiger charge is -2.55. The first-order chi connectivity index (χ1) is 11.6. The van der Waals surface area contributed by atoms with Crippen molar-refractivity contribution in [1.82, 2.24) is 14.7 Å². The van der Waals surface area contributed by atoms with Gasteiger partial charge in [-0.1, -0.05) is 13.0 Å². The summed E-state index contributed by atoms with van der Waals surface area (Å²) in [7, 11) is 0. The van der Waals surface area contributed by atoms with E-state index in [1.165, 1.54) is 51.0 Å². The molecule has 1 fully saturated rings. The van der Waals surface area contributed by atoms with Crippen molar-refractivity contribution in [2.45, 2.75) is 77.5 Å². The van der Waals surface area contributed by atoms with Gasteiger partial charge in [-0.15, -0.1) is 0 Å². The largest absolute Gasteiger partial charge is 0.343 e. The summed E-state index contributed by atoms with van der Waals surface area (Å²) >= 11 is 0. The van der Waals surface area contributed by atoms with Crippen molar-refractivity contribution >= 4 is 0 Å². The number of hydrogen-bond acceptors (Lipinski definition) is 3. The molecule has 0 bridgehead atoms. The molecule has 24 heavy (non-hydrogen) atoms. The average molecular weight is 328 g/mol. The highest BCUT2D eigenvalue weighted by atomic mass is 15.4. The summed E-state index contributed by atoms with van der Waals surface area (Å²) in [6.07, 6.45) is 12.2. The molecule has 1 saturated heterocycles. The Morgan fingerprint density at radius 3 is 2.83 bits per heavy atom. The number of fused-ring (bicyclic) bond motifs is 4. The predicted octanol–water partition coefficient (Wildman–Crippen LogP) is 3.76. The summed E-state index contributed by atoms with van der Waals surface area (Å²) < 4.78 is 0. The molecule has 0 aromatic rings. The van der Waals surface area contributed by atoms with Crippen molar-refractivity contribution < 1.29 is 0 Å². The SMILES string of the molecule is CCCN1CCN(C(C)C)[C@@H]2C1C(C)=CN1C3=C(CCC=C3)C[C@@H]21. The quantitative estimate of drug-likeness (QED) is 0.781. The normalized spacial score (nSPS) is 33.6. The first-order valence-corrected chi connectivity index (χ1v) is 9.96. The van der Waals surface area contributed by atoms with Crippen LogP contribution in [0.2, 0.25) is 0 Å². The van der Waals surface area contributed by atoms with E-state index in [-0.39, 0.29) is 0 Å². The number of allylic oxidation sites excluding steroid dienone is 2. The highest BCUT2D eigenvalue weighted by molar-refractivity contribution is 5.40. The van der Waals surface area contributed by atoms with Gasteiger partial charge < -0.3 is 4.90 Å². The predicted molar refractivity (Wildman–Crippen MR) is 101 cm³/mol. The summed E-state index contributed by atoms with van der Waals surface area (Å²) in [5.41, 5.74) is 4.77. The molecule has 3 atom stereocenters. The zero-order valence-electron chi connectivity index (χ0n) is 15.8. The van der Waals surface area contributed by atoms with Crippen LogP contribution in [0.1, 0.15) is 53.4 Å². The molecule has 0 aromatic heterocycles. The first-order valence-electron chi connectivity index (χ1n) is 9.96. The van der Waals surface area contributed by atoms with Gasteiger partial charge in [0, 0.05) is 37.1 Å². The highest BCUT2D eigenvalue weighted by Gasteiger charge is 2.49. The zero-order valence-corrected chi connectivity index (χ0v) is 15.8. The second-order valence-electron chi connectivity index (χ2n) is 8.28. The van der Waals surface area contributed by atoms with Crippen molar-refractivity contribution in [3.05, 3.63) is 35.2 Å². The molecule has 0 saturated carbocycles. The fourth-order valence-corrected chi connectivity index (χ4v) is 5.51. The Labute approximate surface area is 147 Å². The van der Waals surface area contributed by atoms with E-state index in [0.717, 1.165) is 0 Å². The van der Waals surface area contributed by atoms with Crippen molar-refractivity contribution in [2.75, 3.05) is 19.6 Å². The van der Waals surface area contributed by atoms with E-state index in [0.29, 0.717) is 24.2 Å². The standard InChI is InChI=1S/C21H33N3/c1-5-10-22-11-12-23(15(2)3)21-19-13-17-8-6-7-9-18(17)24(19)14-16(4)20(21)22/h7,9,14-15,19-21H,5-6,8,10-13H2,1-4H3/t19-,20?,21-/m0/s1. The van der Waals surface area contributed by atoms with Crippen LogP contribution in [0.3, 0.4) is 0 Å². The summed E-state index contributed by atoms with van der Waals surface area (Å²) in [6.45, 7) is 13.1. The number of piperazine rings is 1. The lowest BCUT2D eigenvalue weighted by molar-refractivity contribution is -0.0215. The van der Waals surface area contributed by atoms with Gasteiger partial charge in [0.1, 0.15) is 0 Å². The molecule has 3 heteroatoms. The molecule has 4 rings (SSSR count). The number of hydrogen-bond donors (Lipinski definition) is 0. The summed E-state index contributed by atoms with van der Waals surface area (Å²) in [4.78, 5) is 8.19. The molecule has 0 aromatic carbocycles. The molecule has 3 nitrogen and oxygen atoms in total. The van der Waals surface area contributed by atoms with Crippen LogP contribution in [0.25, 0.3) is 0 Å². The molecule has 132 valence electrons. The van der Waals surface area contributed by atoms with E-state index in [2.05, 4.69) is 60.7 Å². The maximum absolute atomic E-state index is 2.80. The molecular formula is C21H33N3. The minimum absolute atomic E-state index is 0.604. The van der Waals surface area contributed by atoms with Crippen LogP contribution in [0.4, 0.5) is 0 Å². The van der Waals surface area contributed by atoms with Gasteiger partial charge in [0.05, 0.1) is 12.1 Å². The monoisotopic (exact) mass is 327 g/mol. The third-order valence-corrected chi connectivity index (χ3v) is 6.46. The van der Waals surface area contributed by atoms with E-state index in [1.807, 2.05) is 0 Å². The topological polar surface area (TPSA) is 9.72 Å². The van der Waals surface area contributed by atoms with Gasteiger partial charge >= 0.3 is 0 Å². The van der Waals surface area contributed by atoms with Crippen LogP contribution >= 0.6 is 0 Å². The van der Waals surface area contributed by atoms with E-state index in [4.69, 9.17) is 0 Å². The molecule has 0 amide bonds. The Bertz CT molecular complexity index is 586. The lowest BCUT2D eigenvalue weighted by Crippen LogP contribution is -2.68. The van der Waals surface area contributed by atoms with Gasteiger partial charge in [-0.25, -0.2) is 0 Å². The van der Waals surface area contributed by atoms with Gasteiger partial charge in [0.2, 0.25) is 0 Å². The van der Waals surface area contributed by atoms with Crippen LogP contribution in [0.5, 0.6) is 0 Å². The fourth-order valence-electron chi connectivity index (χ4n) is 5.51. The molecule has 3 aliphatic heterocycles. The maximum atomic E-state index is 2.80. The number of nitrogens with zero attached hydrogens (tertiary/aromatic N) is 3. The molecule has 1 unspecified atom stereocenters.